The van der Waals surface area contributed by atoms with E-state index < -0.39 is 0 Å². The van der Waals surface area contributed by atoms with Gasteiger partial charge in [-0.1, -0.05) is 12.1 Å². The Balaban J connectivity index is 1.99. The summed E-state index contributed by atoms with van der Waals surface area (Å²) in [4.78, 5) is 0. The molecule has 2 aromatic rings. The number of aryl methyl sites for hydroxylation is 2. The van der Waals surface area contributed by atoms with Crippen LogP contribution in [-0.4, -0.2) is 9.78 Å². The predicted molar refractivity (Wildman–Crippen MR) is 68.0 cm³/mol. The van der Waals surface area contributed by atoms with E-state index in [4.69, 9.17) is 5.84 Å². The molecule has 0 saturated heterocycles. The third-order valence-electron chi connectivity index (χ3n) is 2.95. The molecule has 0 radical (unpaired) electrons. The average Bonchev–Trinajstić information content (AvgIpc) is 2.78. The SMILES string of the molecule is Cn1cc(CCC(NN)c2ccc(F)cc2)cn1. The summed E-state index contributed by atoms with van der Waals surface area (Å²) in [5, 5.41) is 4.12. The van der Waals surface area contributed by atoms with Crippen LogP contribution in [0.2, 0.25) is 0 Å². The summed E-state index contributed by atoms with van der Waals surface area (Å²) in [6.45, 7) is 0. The van der Waals surface area contributed by atoms with Gasteiger partial charge < -0.3 is 0 Å². The third kappa shape index (κ3) is 3.15. The number of hydrogen-bond donors (Lipinski definition) is 2. The molecule has 0 fully saturated rings. The average molecular weight is 248 g/mol. The monoisotopic (exact) mass is 248 g/mol. The van der Waals surface area contributed by atoms with E-state index in [1.807, 2.05) is 19.4 Å². The van der Waals surface area contributed by atoms with Crippen LogP contribution in [0.4, 0.5) is 4.39 Å². The van der Waals surface area contributed by atoms with Gasteiger partial charge in [0.25, 0.3) is 0 Å². The van der Waals surface area contributed by atoms with Crippen LogP contribution in [0.15, 0.2) is 36.7 Å². The van der Waals surface area contributed by atoms with Crippen molar-refractivity contribution in [2.45, 2.75) is 18.9 Å². The number of rotatable bonds is 5. The van der Waals surface area contributed by atoms with E-state index >= 15 is 0 Å². The zero-order valence-corrected chi connectivity index (χ0v) is 10.3. The quantitative estimate of drug-likeness (QED) is 0.625. The minimum atomic E-state index is -0.234. The van der Waals surface area contributed by atoms with Crippen LogP contribution in [0.1, 0.15) is 23.6 Å². The first-order chi connectivity index (χ1) is 8.69. The fourth-order valence-electron chi connectivity index (χ4n) is 1.95. The fourth-order valence-corrected chi connectivity index (χ4v) is 1.95. The van der Waals surface area contributed by atoms with E-state index in [0.717, 1.165) is 18.4 Å². The van der Waals surface area contributed by atoms with Crippen LogP contribution < -0.4 is 11.3 Å². The Kier molecular flexibility index (Phi) is 4.07. The van der Waals surface area contributed by atoms with Gasteiger partial charge in [-0.3, -0.25) is 16.0 Å². The van der Waals surface area contributed by atoms with Crippen LogP contribution in [0.25, 0.3) is 0 Å². The van der Waals surface area contributed by atoms with Crippen molar-refractivity contribution in [1.29, 1.82) is 0 Å². The van der Waals surface area contributed by atoms with Crippen molar-refractivity contribution in [2.75, 3.05) is 0 Å². The predicted octanol–water partition coefficient (Wildman–Crippen LogP) is 1.70. The highest BCUT2D eigenvalue weighted by atomic mass is 19.1. The lowest BCUT2D eigenvalue weighted by Gasteiger charge is -2.15. The molecule has 0 aliphatic carbocycles. The smallest absolute Gasteiger partial charge is 0.123 e. The Morgan fingerprint density at radius 3 is 2.67 bits per heavy atom. The van der Waals surface area contributed by atoms with Gasteiger partial charge in [-0.25, -0.2) is 4.39 Å². The molecule has 2 rings (SSSR count). The van der Waals surface area contributed by atoms with Crippen LogP contribution in [0.5, 0.6) is 0 Å². The third-order valence-corrected chi connectivity index (χ3v) is 2.95. The number of hydrogen-bond acceptors (Lipinski definition) is 3. The molecular formula is C13H17FN4. The Bertz CT molecular complexity index is 492. The maximum absolute atomic E-state index is 12.8. The molecule has 1 unspecified atom stereocenters. The molecule has 0 amide bonds. The van der Waals surface area contributed by atoms with Gasteiger partial charge in [-0.05, 0) is 36.1 Å². The summed E-state index contributed by atoms with van der Waals surface area (Å²) in [5.41, 5.74) is 4.92. The molecule has 96 valence electrons. The summed E-state index contributed by atoms with van der Waals surface area (Å²) >= 11 is 0. The first kappa shape index (κ1) is 12.7. The van der Waals surface area contributed by atoms with Crippen molar-refractivity contribution >= 4 is 0 Å². The van der Waals surface area contributed by atoms with Crippen molar-refractivity contribution in [3.63, 3.8) is 0 Å². The highest BCUT2D eigenvalue weighted by Crippen LogP contribution is 2.18. The normalized spacial score (nSPS) is 12.6. The molecule has 3 N–H and O–H groups in total. The van der Waals surface area contributed by atoms with E-state index in [1.165, 1.54) is 17.7 Å². The summed E-state index contributed by atoms with van der Waals surface area (Å²) in [5.74, 6) is 5.31. The Hall–Kier alpha value is -1.72. The highest BCUT2D eigenvalue weighted by molar-refractivity contribution is 5.20. The van der Waals surface area contributed by atoms with Crippen LogP contribution in [0, 0.1) is 5.82 Å². The van der Waals surface area contributed by atoms with Crippen molar-refractivity contribution in [2.24, 2.45) is 12.9 Å². The molecule has 5 heteroatoms. The van der Waals surface area contributed by atoms with Crippen LogP contribution >= 0.6 is 0 Å². The molecule has 0 bridgehead atoms. The molecule has 1 atom stereocenters. The number of nitrogens with one attached hydrogen (secondary N) is 1. The zero-order chi connectivity index (χ0) is 13.0. The lowest BCUT2D eigenvalue weighted by molar-refractivity contribution is 0.515. The Morgan fingerprint density at radius 2 is 2.11 bits per heavy atom. The maximum atomic E-state index is 12.8. The second-order valence-electron chi connectivity index (χ2n) is 4.33. The van der Waals surface area contributed by atoms with Crippen LogP contribution in [-0.2, 0) is 13.5 Å². The number of halogens is 1. The standard InChI is InChI=1S/C13H17FN4/c1-18-9-10(8-16-18)2-7-13(17-15)11-3-5-12(14)6-4-11/h3-6,8-9,13,17H,2,7,15H2,1H3. The number of benzene rings is 1. The lowest BCUT2D eigenvalue weighted by atomic mass is 10.0. The van der Waals surface area contributed by atoms with Gasteiger partial charge in [0, 0.05) is 19.3 Å². The topological polar surface area (TPSA) is 55.9 Å². The molecule has 0 aliphatic rings. The number of nitrogens with two attached hydrogens (primary N) is 1. The second-order valence-corrected chi connectivity index (χ2v) is 4.33. The first-order valence-electron chi connectivity index (χ1n) is 5.88. The van der Waals surface area contributed by atoms with Gasteiger partial charge in [0.1, 0.15) is 5.82 Å². The van der Waals surface area contributed by atoms with Crippen molar-refractivity contribution in [1.82, 2.24) is 15.2 Å². The number of hydrazine groups is 1. The Morgan fingerprint density at radius 1 is 1.39 bits per heavy atom. The van der Waals surface area contributed by atoms with Crippen molar-refractivity contribution in [3.8, 4) is 0 Å². The molecule has 0 spiro atoms. The van der Waals surface area contributed by atoms with E-state index in [1.54, 1.807) is 16.8 Å². The van der Waals surface area contributed by atoms with E-state index in [-0.39, 0.29) is 11.9 Å². The fraction of sp³-hybridized carbons (Fsp3) is 0.308. The van der Waals surface area contributed by atoms with Gasteiger partial charge in [-0.15, -0.1) is 0 Å². The zero-order valence-electron chi connectivity index (χ0n) is 10.3. The summed E-state index contributed by atoms with van der Waals surface area (Å²) in [6.07, 6.45) is 5.55. The largest absolute Gasteiger partial charge is 0.276 e. The molecule has 0 aliphatic heterocycles. The van der Waals surface area contributed by atoms with Gasteiger partial charge in [0.05, 0.1) is 6.20 Å². The lowest BCUT2D eigenvalue weighted by Crippen LogP contribution is -2.28. The highest BCUT2D eigenvalue weighted by Gasteiger charge is 2.10. The van der Waals surface area contributed by atoms with Gasteiger partial charge >= 0.3 is 0 Å². The van der Waals surface area contributed by atoms with Gasteiger partial charge in [-0.2, -0.15) is 5.10 Å². The molecule has 18 heavy (non-hydrogen) atoms. The van der Waals surface area contributed by atoms with E-state index in [9.17, 15) is 4.39 Å². The van der Waals surface area contributed by atoms with E-state index in [0.29, 0.717) is 0 Å². The minimum Gasteiger partial charge on any atom is -0.276 e. The maximum Gasteiger partial charge on any atom is 0.123 e. The second kappa shape index (κ2) is 5.75. The summed E-state index contributed by atoms with van der Waals surface area (Å²) < 4.78 is 14.6. The van der Waals surface area contributed by atoms with Crippen molar-refractivity contribution < 1.29 is 4.39 Å². The Labute approximate surface area is 106 Å². The molecular weight excluding hydrogens is 231 g/mol. The van der Waals surface area contributed by atoms with Crippen molar-refractivity contribution in [3.05, 3.63) is 53.6 Å². The number of aromatic nitrogens is 2. The first-order valence-corrected chi connectivity index (χ1v) is 5.88. The molecule has 4 nitrogen and oxygen atoms in total. The minimum absolute atomic E-state index is 0.0193. The summed E-state index contributed by atoms with van der Waals surface area (Å²) in [6, 6.07) is 6.42. The van der Waals surface area contributed by atoms with Crippen LogP contribution in [0.3, 0.4) is 0 Å². The molecule has 1 heterocycles. The van der Waals surface area contributed by atoms with Gasteiger partial charge in [0.15, 0.2) is 0 Å². The van der Waals surface area contributed by atoms with E-state index in [2.05, 4.69) is 10.5 Å². The van der Waals surface area contributed by atoms with Gasteiger partial charge in [0.2, 0.25) is 0 Å². The molecule has 1 aromatic heterocycles. The molecule has 1 aromatic carbocycles. The summed E-state index contributed by atoms with van der Waals surface area (Å²) in [7, 11) is 1.89. The number of nitrogens with zero attached hydrogens (tertiary/aromatic N) is 2. The molecule has 0 saturated carbocycles.